The minimum atomic E-state index is -2.42. The second-order valence-electron chi connectivity index (χ2n) is 11.1. The number of allylic oxidation sites excluding steroid dienone is 3. The summed E-state index contributed by atoms with van der Waals surface area (Å²) < 4.78 is 49.2. The van der Waals surface area contributed by atoms with Crippen molar-refractivity contribution in [2.24, 2.45) is 0 Å². The summed E-state index contributed by atoms with van der Waals surface area (Å²) in [5, 5.41) is 1.30. The number of rotatable bonds is 7. The van der Waals surface area contributed by atoms with Gasteiger partial charge in [0.1, 0.15) is 17.3 Å². The summed E-state index contributed by atoms with van der Waals surface area (Å²) in [7, 11) is 1.24. The molecule has 0 aliphatic rings. The topological polar surface area (TPSA) is 44.2 Å². The average Bonchev–Trinajstić information content (AvgIpc) is 2.79. The molecule has 2 rings (SSSR count). The predicted octanol–water partition coefficient (Wildman–Crippen LogP) is 7.05. The van der Waals surface area contributed by atoms with Crippen molar-refractivity contribution < 1.29 is 74.0 Å². The number of aromatic nitrogens is 2. The Kier molecular flexibility index (Phi) is 19.7. The molecule has 0 spiro atoms. The fraction of sp³-hybridized carbons (Fsp3) is 0.484. The minimum absolute atomic E-state index is 0. The zero-order valence-corrected chi connectivity index (χ0v) is 32.3. The van der Waals surface area contributed by atoms with Crippen molar-refractivity contribution in [3.8, 4) is 11.9 Å². The van der Waals surface area contributed by atoms with Crippen LogP contribution < -0.4 is 60.9 Å². The van der Waals surface area contributed by atoms with Crippen LogP contribution in [-0.4, -0.2) is 39.6 Å². The van der Waals surface area contributed by atoms with E-state index in [2.05, 4.69) is 59.4 Å². The molecule has 1 unspecified atom stereocenters. The molecule has 0 aliphatic carbocycles. The number of nitrogens with zero attached hydrogens (tertiary/aromatic N) is 2. The Morgan fingerprint density at radius 1 is 1.05 bits per heavy atom. The van der Waals surface area contributed by atoms with Crippen LogP contribution in [0.25, 0.3) is 0 Å². The summed E-state index contributed by atoms with van der Waals surface area (Å²) >= 11 is 2.94. The van der Waals surface area contributed by atoms with Crippen LogP contribution in [0.15, 0.2) is 46.1 Å². The predicted molar refractivity (Wildman–Crippen MR) is 167 cm³/mol. The Bertz CT molecular complexity index is 1200. The maximum Gasteiger partial charge on any atom is 1.00 e. The van der Waals surface area contributed by atoms with Crippen LogP contribution in [0.1, 0.15) is 86.3 Å². The molecule has 10 heteroatoms. The van der Waals surface area contributed by atoms with Gasteiger partial charge in [-0.2, -0.15) is 0 Å². The largest absolute Gasteiger partial charge is 1.00 e. The molecular weight excluding hydrogens is 639 g/mol. The molecule has 1 heterocycles. The van der Waals surface area contributed by atoms with Gasteiger partial charge < -0.3 is 16.9 Å². The van der Waals surface area contributed by atoms with Crippen LogP contribution in [0.3, 0.4) is 0 Å². The Morgan fingerprint density at radius 2 is 1.61 bits per heavy atom. The number of alkyl halides is 2. The van der Waals surface area contributed by atoms with Crippen LogP contribution in [0, 0.1) is 19.3 Å². The van der Waals surface area contributed by atoms with Crippen LogP contribution in [0.2, 0.25) is 0 Å². The van der Waals surface area contributed by atoms with E-state index in [1.165, 1.54) is 49.8 Å². The third-order valence-electron chi connectivity index (χ3n) is 5.02. The maximum atomic E-state index is 12.7. The Hall–Kier alpha value is -0.544. The van der Waals surface area contributed by atoms with Gasteiger partial charge in [-0.1, -0.05) is 43.3 Å². The fourth-order valence-corrected chi connectivity index (χ4v) is 3.89. The van der Waals surface area contributed by atoms with Crippen molar-refractivity contribution in [3.63, 3.8) is 0 Å². The van der Waals surface area contributed by atoms with E-state index in [0.717, 1.165) is 0 Å². The second kappa shape index (κ2) is 19.0. The Balaban J connectivity index is 0. The first-order chi connectivity index (χ1) is 17.8. The van der Waals surface area contributed by atoms with E-state index in [0.29, 0.717) is 23.0 Å². The third kappa shape index (κ3) is 16.2. The smallest absolute Gasteiger partial charge is 0.514 e. The molecule has 0 fully saturated rings. The van der Waals surface area contributed by atoms with Gasteiger partial charge in [-0.3, -0.25) is 4.98 Å². The second-order valence-corrected chi connectivity index (χ2v) is 13.1. The van der Waals surface area contributed by atoms with E-state index in [1.54, 1.807) is 6.20 Å². The molecule has 0 saturated heterocycles. The van der Waals surface area contributed by atoms with E-state index in [-0.39, 0.29) is 74.5 Å². The molecule has 0 bridgehead atoms. The van der Waals surface area contributed by atoms with Gasteiger partial charge in [0, 0.05) is 5.92 Å². The van der Waals surface area contributed by atoms with E-state index in [9.17, 15) is 13.2 Å². The third-order valence-corrected chi connectivity index (χ3v) is 6.53. The summed E-state index contributed by atoms with van der Waals surface area (Å²) in [6.07, 6.45) is 4.58. The molecule has 0 amide bonds. The minimum Gasteiger partial charge on any atom is -0.514 e. The van der Waals surface area contributed by atoms with E-state index in [1.807, 2.05) is 47.6 Å². The van der Waals surface area contributed by atoms with Crippen molar-refractivity contribution in [1.82, 2.24) is 9.97 Å². The molecule has 41 heavy (non-hydrogen) atoms. The van der Waals surface area contributed by atoms with E-state index >= 15 is 0 Å². The molecule has 0 saturated carbocycles. The van der Waals surface area contributed by atoms with E-state index < -0.39 is 18.2 Å². The van der Waals surface area contributed by atoms with Crippen molar-refractivity contribution in [3.05, 3.63) is 76.5 Å². The Labute approximate surface area is 298 Å². The number of ether oxygens (including phenoxy) is 2. The summed E-state index contributed by atoms with van der Waals surface area (Å²) in [4.78, 5) is 8.79. The maximum absolute atomic E-state index is 12.7. The standard InChI is InChI=1S/C21H32N2O2P.C9H8BrF3.CH3.K/c1-14(2)17(15(3)26-10)12-11-16-13-22-19(25-21(7,8)9)23-18(16)24-20(4,5)6;1-5(9(12)13)6-2-3-8(11)7(10)4-6;;/h12-13H,1-10H3;2-5,9H,1H3;1H3;/q-1;;-1;+1. The zero-order chi connectivity index (χ0) is 30.1. The quantitative estimate of drug-likeness (QED) is 0.136. The number of halogens is 4. The summed E-state index contributed by atoms with van der Waals surface area (Å²) in [5.41, 5.74) is 2.82. The summed E-state index contributed by atoms with van der Waals surface area (Å²) in [6.45, 7) is 21.7. The summed E-state index contributed by atoms with van der Waals surface area (Å²) in [6, 6.07) is 4.24. The Morgan fingerprint density at radius 3 is 2.05 bits per heavy atom. The molecule has 4 nitrogen and oxygen atoms in total. The molecule has 1 aromatic carbocycles. The molecular formula is C31H43BrF3KN2O2P-. The molecule has 0 N–H and O–H groups in total. The van der Waals surface area contributed by atoms with Gasteiger partial charge in [0.25, 0.3) is 0 Å². The van der Waals surface area contributed by atoms with Crippen molar-refractivity contribution in [2.75, 3.05) is 6.66 Å². The molecule has 1 aromatic heterocycles. The average molecular weight is 683 g/mol. The van der Waals surface area contributed by atoms with Crippen molar-refractivity contribution >= 4 is 29.4 Å². The van der Waals surface area contributed by atoms with Gasteiger partial charge in [-0.05, 0) is 95.0 Å². The van der Waals surface area contributed by atoms with Crippen LogP contribution in [0.5, 0.6) is 11.9 Å². The number of hydrogen-bond donors (Lipinski definition) is 0. The van der Waals surface area contributed by atoms with Crippen LogP contribution >= 0.6 is 24.1 Å². The van der Waals surface area contributed by atoms with E-state index in [4.69, 9.17) is 9.47 Å². The van der Waals surface area contributed by atoms with Gasteiger partial charge in [0.05, 0.1) is 10.1 Å². The summed E-state index contributed by atoms with van der Waals surface area (Å²) in [5.74, 6) is -0.829. The molecule has 0 radical (unpaired) electrons. The molecule has 2 aromatic rings. The van der Waals surface area contributed by atoms with Gasteiger partial charge in [0.15, 0.2) is 0 Å². The fourth-order valence-electron chi connectivity index (χ4n) is 2.96. The van der Waals surface area contributed by atoms with Gasteiger partial charge in [0.2, 0.25) is 6.43 Å². The van der Waals surface area contributed by atoms with Crippen LogP contribution in [-0.2, 0) is 0 Å². The zero-order valence-electron chi connectivity index (χ0n) is 26.7. The van der Waals surface area contributed by atoms with Gasteiger partial charge in [-0.25, -0.2) is 18.2 Å². The molecule has 224 valence electrons. The molecule has 0 aliphatic heterocycles. The first-order valence-electron chi connectivity index (χ1n) is 12.5. The number of hydrogen-bond acceptors (Lipinski definition) is 4. The number of benzene rings is 1. The van der Waals surface area contributed by atoms with Gasteiger partial charge >= 0.3 is 57.4 Å². The molecule has 1 atom stereocenters. The SMILES string of the molecule is CC(c1ccc(F)c(Br)c1)C(F)F.CP=C(C)C(C=[C-]c1cnc(OC(C)(C)C)nc1OC(C)(C)C)=C(C)C.[CH3-].[K+]. The van der Waals surface area contributed by atoms with Crippen LogP contribution in [0.4, 0.5) is 13.2 Å². The van der Waals surface area contributed by atoms with Crippen molar-refractivity contribution in [1.29, 1.82) is 0 Å². The first-order valence-corrected chi connectivity index (χ1v) is 14.7. The normalized spacial score (nSPS) is 12.5. The monoisotopic (exact) mass is 681 g/mol. The van der Waals surface area contributed by atoms with Crippen molar-refractivity contribution in [2.45, 2.75) is 92.8 Å². The van der Waals surface area contributed by atoms with Gasteiger partial charge in [-0.15, -0.1) is 25.9 Å². The first kappa shape index (κ1) is 42.6.